The first-order chi connectivity index (χ1) is 6.34. The topological polar surface area (TPSA) is 19.4 Å². The van der Waals surface area contributed by atoms with Crippen LogP contribution in [0.1, 0.15) is 5.69 Å². The first-order valence-electron chi connectivity index (χ1n) is 4.62. The first kappa shape index (κ1) is 9.12. The van der Waals surface area contributed by atoms with Gasteiger partial charge in [-0.1, -0.05) is 0 Å². The number of thiazole rings is 1. The van der Waals surface area contributed by atoms with E-state index in [1.807, 2.05) is 5.51 Å². The van der Waals surface area contributed by atoms with Crippen molar-refractivity contribution >= 4 is 11.3 Å². The van der Waals surface area contributed by atoms with E-state index in [2.05, 4.69) is 27.2 Å². The maximum atomic E-state index is 4.29. The van der Waals surface area contributed by atoms with Crippen LogP contribution in [0.2, 0.25) is 0 Å². The van der Waals surface area contributed by atoms with Crippen LogP contribution in [-0.2, 0) is 6.54 Å². The lowest BCUT2D eigenvalue weighted by atomic mass is 10.3. The molecule has 0 aliphatic carbocycles. The molecule has 3 nitrogen and oxygen atoms in total. The van der Waals surface area contributed by atoms with Gasteiger partial charge in [0, 0.05) is 38.1 Å². The van der Waals surface area contributed by atoms with E-state index >= 15 is 0 Å². The Labute approximate surface area is 83.0 Å². The Hall–Kier alpha value is -0.450. The Balaban J connectivity index is 1.83. The molecule has 1 aromatic heterocycles. The van der Waals surface area contributed by atoms with Crippen LogP contribution < -0.4 is 0 Å². The zero-order valence-electron chi connectivity index (χ0n) is 7.94. The van der Waals surface area contributed by atoms with Crippen molar-refractivity contribution in [1.82, 2.24) is 14.8 Å². The quantitative estimate of drug-likeness (QED) is 0.702. The molecule has 0 unspecified atom stereocenters. The fourth-order valence-corrected chi connectivity index (χ4v) is 2.10. The molecule has 1 aliphatic rings. The van der Waals surface area contributed by atoms with E-state index in [-0.39, 0.29) is 0 Å². The van der Waals surface area contributed by atoms with Gasteiger partial charge < -0.3 is 4.90 Å². The zero-order chi connectivity index (χ0) is 9.10. The van der Waals surface area contributed by atoms with Gasteiger partial charge in [-0.2, -0.15) is 0 Å². The van der Waals surface area contributed by atoms with Gasteiger partial charge in [-0.05, 0) is 7.05 Å². The lowest BCUT2D eigenvalue weighted by Gasteiger charge is -2.31. The van der Waals surface area contributed by atoms with Gasteiger partial charge in [-0.3, -0.25) is 4.90 Å². The largest absolute Gasteiger partial charge is 0.304 e. The molecule has 0 aromatic carbocycles. The predicted octanol–water partition coefficient (Wildman–Crippen LogP) is 0.890. The van der Waals surface area contributed by atoms with Crippen LogP contribution in [0, 0.1) is 0 Å². The Morgan fingerprint density at radius 1 is 1.38 bits per heavy atom. The zero-order valence-corrected chi connectivity index (χ0v) is 8.76. The third kappa shape index (κ3) is 2.49. The Kier molecular flexibility index (Phi) is 2.93. The summed E-state index contributed by atoms with van der Waals surface area (Å²) in [5, 5.41) is 2.14. The molecule has 13 heavy (non-hydrogen) atoms. The molecule has 0 N–H and O–H groups in total. The number of likely N-dealkylation sites (N-methyl/N-ethyl adjacent to an activating group) is 1. The summed E-state index contributed by atoms with van der Waals surface area (Å²) >= 11 is 1.68. The summed E-state index contributed by atoms with van der Waals surface area (Å²) in [7, 11) is 2.18. The SMILES string of the molecule is CN1CCN(Cc2cscn2)CC1. The molecular formula is C9H15N3S. The molecule has 1 fully saturated rings. The number of hydrogen-bond acceptors (Lipinski definition) is 4. The normalized spacial score (nSPS) is 20.7. The molecular weight excluding hydrogens is 182 g/mol. The van der Waals surface area contributed by atoms with Crippen LogP contribution in [0.4, 0.5) is 0 Å². The molecule has 4 heteroatoms. The second-order valence-electron chi connectivity index (χ2n) is 3.56. The Morgan fingerprint density at radius 3 is 2.77 bits per heavy atom. The number of hydrogen-bond donors (Lipinski definition) is 0. The van der Waals surface area contributed by atoms with Crippen molar-refractivity contribution in [3.05, 3.63) is 16.6 Å². The van der Waals surface area contributed by atoms with E-state index in [4.69, 9.17) is 0 Å². The molecule has 0 saturated carbocycles. The van der Waals surface area contributed by atoms with Crippen molar-refractivity contribution in [3.63, 3.8) is 0 Å². The van der Waals surface area contributed by atoms with Crippen molar-refractivity contribution in [2.75, 3.05) is 33.2 Å². The highest BCUT2D eigenvalue weighted by atomic mass is 32.1. The fourth-order valence-electron chi connectivity index (χ4n) is 1.55. The molecule has 72 valence electrons. The highest BCUT2D eigenvalue weighted by molar-refractivity contribution is 7.07. The molecule has 0 radical (unpaired) electrons. The lowest BCUT2D eigenvalue weighted by molar-refractivity contribution is 0.147. The predicted molar refractivity (Wildman–Crippen MR) is 54.9 cm³/mol. The van der Waals surface area contributed by atoms with Crippen LogP contribution in [0.25, 0.3) is 0 Å². The van der Waals surface area contributed by atoms with Crippen LogP contribution in [0.5, 0.6) is 0 Å². The third-order valence-electron chi connectivity index (χ3n) is 2.46. The van der Waals surface area contributed by atoms with Crippen LogP contribution in [-0.4, -0.2) is 48.0 Å². The molecule has 0 atom stereocenters. The van der Waals surface area contributed by atoms with Gasteiger partial charge in [-0.25, -0.2) is 4.98 Å². The summed E-state index contributed by atoms with van der Waals surface area (Å²) < 4.78 is 0. The summed E-state index contributed by atoms with van der Waals surface area (Å²) in [6, 6.07) is 0. The van der Waals surface area contributed by atoms with Crippen LogP contribution >= 0.6 is 11.3 Å². The monoisotopic (exact) mass is 197 g/mol. The first-order valence-corrected chi connectivity index (χ1v) is 5.57. The van der Waals surface area contributed by atoms with Crippen LogP contribution in [0.15, 0.2) is 10.9 Å². The van der Waals surface area contributed by atoms with E-state index in [0.29, 0.717) is 0 Å². The van der Waals surface area contributed by atoms with Crippen molar-refractivity contribution in [2.45, 2.75) is 6.54 Å². The van der Waals surface area contributed by atoms with Gasteiger partial charge >= 0.3 is 0 Å². The van der Waals surface area contributed by atoms with Gasteiger partial charge in [0.05, 0.1) is 11.2 Å². The van der Waals surface area contributed by atoms with Gasteiger partial charge in [0.2, 0.25) is 0 Å². The molecule has 2 heterocycles. The molecule has 1 aliphatic heterocycles. The summed E-state index contributed by atoms with van der Waals surface area (Å²) in [5.74, 6) is 0. The van der Waals surface area contributed by atoms with Gasteiger partial charge in [0.15, 0.2) is 0 Å². The van der Waals surface area contributed by atoms with E-state index < -0.39 is 0 Å². The van der Waals surface area contributed by atoms with E-state index in [9.17, 15) is 0 Å². The molecule has 0 spiro atoms. The van der Waals surface area contributed by atoms with E-state index in [1.165, 1.54) is 31.9 Å². The third-order valence-corrected chi connectivity index (χ3v) is 3.10. The van der Waals surface area contributed by atoms with Gasteiger partial charge in [0.25, 0.3) is 0 Å². The Bertz CT molecular complexity index is 239. The minimum atomic E-state index is 1.03. The summed E-state index contributed by atoms with van der Waals surface area (Å²) in [6.45, 7) is 5.74. The molecule has 0 amide bonds. The van der Waals surface area contributed by atoms with Crippen molar-refractivity contribution < 1.29 is 0 Å². The Morgan fingerprint density at radius 2 is 2.15 bits per heavy atom. The second kappa shape index (κ2) is 4.17. The van der Waals surface area contributed by atoms with Gasteiger partial charge in [-0.15, -0.1) is 11.3 Å². The molecule has 1 aromatic rings. The maximum absolute atomic E-state index is 4.29. The average Bonchev–Trinajstić information content (AvgIpc) is 2.62. The fraction of sp³-hybridized carbons (Fsp3) is 0.667. The summed E-state index contributed by atoms with van der Waals surface area (Å²) in [6.07, 6.45) is 0. The average molecular weight is 197 g/mol. The highest BCUT2D eigenvalue weighted by Crippen LogP contribution is 2.07. The van der Waals surface area contributed by atoms with Gasteiger partial charge in [0.1, 0.15) is 0 Å². The minimum Gasteiger partial charge on any atom is -0.304 e. The standard InChI is InChI=1S/C9H15N3S/c1-11-2-4-12(5-3-11)6-9-7-13-8-10-9/h7-8H,2-6H2,1H3. The number of piperazine rings is 1. The lowest BCUT2D eigenvalue weighted by Crippen LogP contribution is -2.43. The molecule has 2 rings (SSSR count). The van der Waals surface area contributed by atoms with Crippen LogP contribution in [0.3, 0.4) is 0 Å². The number of rotatable bonds is 2. The molecule has 0 bridgehead atoms. The smallest absolute Gasteiger partial charge is 0.0795 e. The highest BCUT2D eigenvalue weighted by Gasteiger charge is 2.13. The summed E-state index contributed by atoms with van der Waals surface area (Å²) in [4.78, 5) is 9.13. The number of aromatic nitrogens is 1. The van der Waals surface area contributed by atoms with Crippen molar-refractivity contribution in [3.8, 4) is 0 Å². The number of nitrogens with zero attached hydrogens (tertiary/aromatic N) is 3. The molecule has 1 saturated heterocycles. The van der Waals surface area contributed by atoms with E-state index in [0.717, 1.165) is 6.54 Å². The van der Waals surface area contributed by atoms with Crippen molar-refractivity contribution in [2.24, 2.45) is 0 Å². The van der Waals surface area contributed by atoms with E-state index in [1.54, 1.807) is 11.3 Å². The maximum Gasteiger partial charge on any atom is 0.0795 e. The summed E-state index contributed by atoms with van der Waals surface area (Å²) in [5.41, 5.74) is 3.13. The van der Waals surface area contributed by atoms with Crippen molar-refractivity contribution in [1.29, 1.82) is 0 Å². The minimum absolute atomic E-state index is 1.03. The second-order valence-corrected chi connectivity index (χ2v) is 4.28.